The van der Waals surface area contributed by atoms with Crippen LogP contribution in [0.5, 0.6) is 0 Å². The summed E-state index contributed by atoms with van der Waals surface area (Å²) in [6.45, 7) is 3.48. The van der Waals surface area contributed by atoms with Gasteiger partial charge in [-0.25, -0.2) is 4.98 Å². The molecule has 1 aliphatic rings. The summed E-state index contributed by atoms with van der Waals surface area (Å²) in [5.41, 5.74) is 9.12. The number of aliphatic hydroxyl groups is 1. The third-order valence-corrected chi connectivity index (χ3v) is 3.82. The van der Waals surface area contributed by atoms with Crippen molar-refractivity contribution in [3.8, 4) is 0 Å². The Bertz CT molecular complexity index is 476. The molecule has 0 fully saturated rings. The van der Waals surface area contributed by atoms with Gasteiger partial charge in [0.15, 0.2) is 0 Å². The molecule has 0 spiro atoms. The van der Waals surface area contributed by atoms with Crippen molar-refractivity contribution >= 4 is 23.0 Å². The first-order chi connectivity index (χ1) is 9.17. The Hall–Kier alpha value is -1.20. The fourth-order valence-corrected chi connectivity index (χ4v) is 2.73. The topological polar surface area (TPSA) is 62.4 Å². The number of thiocarbonyl (C=S) groups is 1. The molecule has 0 atom stereocenters. The lowest BCUT2D eigenvalue weighted by molar-refractivity contribution is 0.302. The van der Waals surface area contributed by atoms with Gasteiger partial charge in [-0.3, -0.25) is 0 Å². The SMILES string of the molecule is CCN(CCO)c1nc2c(cc1C(N)=S)CCCC2. The Labute approximate surface area is 119 Å². The second-order valence-corrected chi connectivity index (χ2v) is 5.28. The van der Waals surface area contributed by atoms with Crippen LogP contribution in [-0.2, 0) is 12.8 Å². The molecule has 1 heterocycles. The second-order valence-electron chi connectivity index (χ2n) is 4.84. The number of likely N-dealkylation sites (N-methyl/N-ethyl adjacent to an activating group) is 1. The molecule has 0 aliphatic heterocycles. The molecule has 0 saturated heterocycles. The zero-order chi connectivity index (χ0) is 13.8. The van der Waals surface area contributed by atoms with E-state index in [2.05, 4.69) is 6.07 Å². The summed E-state index contributed by atoms with van der Waals surface area (Å²) in [5, 5.41) is 9.16. The number of anilines is 1. The van der Waals surface area contributed by atoms with Crippen molar-refractivity contribution in [3.05, 3.63) is 22.9 Å². The van der Waals surface area contributed by atoms with E-state index in [-0.39, 0.29) is 6.61 Å². The van der Waals surface area contributed by atoms with Crippen LogP contribution in [0.25, 0.3) is 0 Å². The molecule has 104 valence electrons. The maximum absolute atomic E-state index is 9.16. The van der Waals surface area contributed by atoms with Crippen LogP contribution < -0.4 is 10.6 Å². The van der Waals surface area contributed by atoms with Gasteiger partial charge < -0.3 is 15.7 Å². The molecule has 0 aromatic carbocycles. The van der Waals surface area contributed by atoms with Crippen LogP contribution in [0.2, 0.25) is 0 Å². The number of aromatic nitrogens is 1. The number of fused-ring (bicyclic) bond motifs is 1. The summed E-state index contributed by atoms with van der Waals surface area (Å²) in [4.78, 5) is 7.18. The van der Waals surface area contributed by atoms with E-state index in [0.29, 0.717) is 11.5 Å². The van der Waals surface area contributed by atoms with Crippen molar-refractivity contribution < 1.29 is 5.11 Å². The lowest BCUT2D eigenvalue weighted by Gasteiger charge is -2.26. The monoisotopic (exact) mass is 279 g/mol. The molecule has 0 saturated carbocycles. The van der Waals surface area contributed by atoms with E-state index < -0.39 is 0 Å². The van der Waals surface area contributed by atoms with Crippen molar-refractivity contribution in [1.29, 1.82) is 0 Å². The van der Waals surface area contributed by atoms with Crippen molar-refractivity contribution in [2.75, 3.05) is 24.6 Å². The van der Waals surface area contributed by atoms with E-state index >= 15 is 0 Å². The number of aryl methyl sites for hydroxylation is 2. The highest BCUT2D eigenvalue weighted by Crippen LogP contribution is 2.26. The van der Waals surface area contributed by atoms with E-state index in [1.54, 1.807) is 0 Å². The van der Waals surface area contributed by atoms with Crippen LogP contribution in [0.3, 0.4) is 0 Å². The minimum atomic E-state index is 0.101. The maximum atomic E-state index is 9.16. The molecule has 0 unspecified atom stereocenters. The molecule has 19 heavy (non-hydrogen) atoms. The zero-order valence-electron chi connectivity index (χ0n) is 11.4. The smallest absolute Gasteiger partial charge is 0.139 e. The van der Waals surface area contributed by atoms with Gasteiger partial charge in [0.05, 0.1) is 12.2 Å². The molecular weight excluding hydrogens is 258 g/mol. The number of nitrogens with two attached hydrogens (primary N) is 1. The lowest BCUT2D eigenvalue weighted by Crippen LogP contribution is -2.30. The number of rotatable bonds is 5. The fraction of sp³-hybridized carbons (Fsp3) is 0.571. The average molecular weight is 279 g/mol. The predicted octanol–water partition coefficient (Wildman–Crippen LogP) is 1.41. The molecule has 1 aliphatic carbocycles. The van der Waals surface area contributed by atoms with Gasteiger partial charge in [0.1, 0.15) is 10.8 Å². The molecule has 2 rings (SSSR count). The summed E-state index contributed by atoms with van der Waals surface area (Å²) in [6.07, 6.45) is 4.48. The predicted molar refractivity (Wildman–Crippen MR) is 81.7 cm³/mol. The van der Waals surface area contributed by atoms with Crippen LogP contribution in [0.15, 0.2) is 6.07 Å². The Kier molecular flexibility index (Phi) is 4.71. The normalized spacial score (nSPS) is 14.0. The summed E-state index contributed by atoms with van der Waals surface area (Å²) >= 11 is 5.15. The number of hydrogen-bond acceptors (Lipinski definition) is 4. The van der Waals surface area contributed by atoms with Gasteiger partial charge in [-0.2, -0.15) is 0 Å². The van der Waals surface area contributed by atoms with Gasteiger partial charge in [0, 0.05) is 18.8 Å². The fourth-order valence-electron chi connectivity index (χ4n) is 2.58. The molecule has 4 nitrogen and oxygen atoms in total. The molecule has 1 aromatic heterocycles. The third-order valence-electron chi connectivity index (χ3n) is 3.60. The highest BCUT2D eigenvalue weighted by atomic mass is 32.1. The lowest BCUT2D eigenvalue weighted by atomic mass is 9.94. The highest BCUT2D eigenvalue weighted by molar-refractivity contribution is 7.80. The first-order valence-corrected chi connectivity index (χ1v) is 7.26. The van der Waals surface area contributed by atoms with E-state index in [4.69, 9.17) is 28.0 Å². The molecule has 0 amide bonds. The second kappa shape index (κ2) is 6.30. The molecule has 5 heteroatoms. The Morgan fingerprint density at radius 3 is 2.84 bits per heavy atom. The van der Waals surface area contributed by atoms with Crippen molar-refractivity contribution in [2.45, 2.75) is 32.6 Å². The first-order valence-electron chi connectivity index (χ1n) is 6.85. The van der Waals surface area contributed by atoms with Crippen LogP contribution >= 0.6 is 12.2 Å². The van der Waals surface area contributed by atoms with Crippen LogP contribution in [0.1, 0.15) is 36.6 Å². The van der Waals surface area contributed by atoms with Gasteiger partial charge >= 0.3 is 0 Å². The molecule has 0 radical (unpaired) electrons. The summed E-state index contributed by atoms with van der Waals surface area (Å²) in [7, 11) is 0. The number of hydrogen-bond donors (Lipinski definition) is 2. The molecule has 1 aromatic rings. The zero-order valence-corrected chi connectivity index (χ0v) is 12.2. The van der Waals surface area contributed by atoms with Crippen LogP contribution in [0.4, 0.5) is 5.82 Å². The summed E-state index contributed by atoms with van der Waals surface area (Å²) in [6, 6.07) is 2.10. The molecule has 3 N–H and O–H groups in total. The van der Waals surface area contributed by atoms with E-state index in [1.807, 2.05) is 11.8 Å². The summed E-state index contributed by atoms with van der Waals surface area (Å²) in [5.74, 6) is 0.824. The van der Waals surface area contributed by atoms with Crippen LogP contribution in [0, 0.1) is 0 Å². The molecule has 0 bridgehead atoms. The first kappa shape index (κ1) is 14.2. The highest BCUT2D eigenvalue weighted by Gasteiger charge is 2.19. The van der Waals surface area contributed by atoms with Crippen molar-refractivity contribution in [3.63, 3.8) is 0 Å². The molecular formula is C14H21N3OS. The number of nitrogens with zero attached hydrogens (tertiary/aromatic N) is 2. The minimum absolute atomic E-state index is 0.101. The maximum Gasteiger partial charge on any atom is 0.139 e. The van der Waals surface area contributed by atoms with Gasteiger partial charge in [0.2, 0.25) is 0 Å². The Morgan fingerprint density at radius 2 is 2.21 bits per heavy atom. The van der Waals surface area contributed by atoms with Crippen molar-refractivity contribution in [2.24, 2.45) is 5.73 Å². The largest absolute Gasteiger partial charge is 0.395 e. The average Bonchev–Trinajstić information content (AvgIpc) is 2.43. The van der Waals surface area contributed by atoms with Crippen molar-refractivity contribution in [1.82, 2.24) is 4.98 Å². The quantitative estimate of drug-likeness (QED) is 0.798. The van der Waals surface area contributed by atoms with E-state index in [0.717, 1.165) is 36.5 Å². The number of aliphatic hydroxyl groups excluding tert-OH is 1. The standard InChI is InChI=1S/C14H21N3OS/c1-2-17(7-8-18)14-11(13(15)19)9-10-5-3-4-6-12(10)16-14/h9,18H,2-8H2,1H3,(H2,15,19). The van der Waals surface area contributed by atoms with Gasteiger partial charge in [-0.05, 0) is 44.2 Å². The van der Waals surface area contributed by atoms with Crippen LogP contribution in [-0.4, -0.2) is 34.8 Å². The summed E-state index contributed by atoms with van der Waals surface area (Å²) < 4.78 is 0. The van der Waals surface area contributed by atoms with Gasteiger partial charge in [-0.15, -0.1) is 0 Å². The van der Waals surface area contributed by atoms with E-state index in [1.165, 1.54) is 18.4 Å². The van der Waals surface area contributed by atoms with E-state index in [9.17, 15) is 0 Å². The minimum Gasteiger partial charge on any atom is -0.395 e. The Morgan fingerprint density at radius 1 is 1.47 bits per heavy atom. The van der Waals surface area contributed by atoms with Gasteiger partial charge in [0.25, 0.3) is 0 Å². The number of pyridine rings is 1. The van der Waals surface area contributed by atoms with Gasteiger partial charge in [-0.1, -0.05) is 12.2 Å². The third kappa shape index (κ3) is 3.04. The Balaban J connectivity index is 2.47.